The maximum Gasteiger partial charge on any atom is 0.319 e. The number of anilines is 1. The molecule has 0 saturated heterocycles. The molecule has 1 aliphatic heterocycles. The van der Waals surface area contributed by atoms with E-state index in [1.165, 1.54) is 4.90 Å². The maximum atomic E-state index is 12.6. The molecule has 2 aromatic rings. The number of amides is 4. The summed E-state index contributed by atoms with van der Waals surface area (Å²) in [7, 11) is 0. The molecular formula is C21H23N3O3. The Morgan fingerprint density at radius 3 is 2.22 bits per heavy atom. The van der Waals surface area contributed by atoms with Gasteiger partial charge in [-0.05, 0) is 51.5 Å². The topological polar surface area (TPSA) is 78.5 Å². The third kappa shape index (κ3) is 3.84. The molecule has 140 valence electrons. The SMILES string of the molecule is Cc1ccc(CNC(=O)Nc2ccc3c(c2)C(=O)N(C(C)(C)C)C3=O)cc1. The first kappa shape index (κ1) is 18.6. The van der Waals surface area contributed by atoms with Crippen LogP contribution in [0, 0.1) is 6.92 Å². The number of fused-ring (bicyclic) bond motifs is 1. The van der Waals surface area contributed by atoms with Crippen molar-refractivity contribution in [3.05, 3.63) is 64.7 Å². The molecule has 0 spiro atoms. The summed E-state index contributed by atoms with van der Waals surface area (Å²) >= 11 is 0. The van der Waals surface area contributed by atoms with E-state index >= 15 is 0 Å². The summed E-state index contributed by atoms with van der Waals surface area (Å²) in [5, 5.41) is 5.49. The van der Waals surface area contributed by atoms with Gasteiger partial charge in [0.1, 0.15) is 0 Å². The lowest BCUT2D eigenvalue weighted by molar-refractivity contribution is 0.0507. The van der Waals surface area contributed by atoms with Crippen molar-refractivity contribution in [2.45, 2.75) is 39.8 Å². The number of rotatable bonds is 3. The molecule has 3 rings (SSSR count). The van der Waals surface area contributed by atoms with Crippen LogP contribution >= 0.6 is 0 Å². The van der Waals surface area contributed by atoms with Gasteiger partial charge in [-0.25, -0.2) is 4.79 Å². The first-order valence-corrected chi connectivity index (χ1v) is 8.80. The first-order chi connectivity index (χ1) is 12.7. The average molecular weight is 365 g/mol. The van der Waals surface area contributed by atoms with Crippen LogP contribution in [0.4, 0.5) is 10.5 Å². The molecule has 1 aliphatic rings. The highest BCUT2D eigenvalue weighted by atomic mass is 16.2. The summed E-state index contributed by atoms with van der Waals surface area (Å²) in [6, 6.07) is 12.3. The van der Waals surface area contributed by atoms with Crippen LogP contribution < -0.4 is 10.6 Å². The number of urea groups is 1. The van der Waals surface area contributed by atoms with Crippen molar-refractivity contribution >= 4 is 23.5 Å². The molecule has 0 aromatic heterocycles. The van der Waals surface area contributed by atoms with Gasteiger partial charge in [0.15, 0.2) is 0 Å². The van der Waals surface area contributed by atoms with Gasteiger partial charge in [0, 0.05) is 17.8 Å². The van der Waals surface area contributed by atoms with Crippen molar-refractivity contribution in [3.8, 4) is 0 Å². The highest BCUT2D eigenvalue weighted by Crippen LogP contribution is 2.30. The van der Waals surface area contributed by atoms with Crippen LogP contribution in [0.2, 0.25) is 0 Å². The Balaban J connectivity index is 1.69. The molecule has 0 bridgehead atoms. The lowest BCUT2D eigenvalue weighted by Gasteiger charge is -2.29. The molecule has 0 unspecified atom stereocenters. The lowest BCUT2D eigenvalue weighted by Crippen LogP contribution is -2.45. The molecule has 4 amide bonds. The molecule has 0 radical (unpaired) electrons. The van der Waals surface area contributed by atoms with Crippen molar-refractivity contribution in [1.29, 1.82) is 0 Å². The molecular weight excluding hydrogens is 342 g/mol. The number of carbonyl (C=O) groups excluding carboxylic acids is 3. The summed E-state index contributed by atoms with van der Waals surface area (Å²) in [4.78, 5) is 38.5. The number of nitrogens with one attached hydrogen (secondary N) is 2. The molecule has 6 nitrogen and oxygen atoms in total. The van der Waals surface area contributed by atoms with Gasteiger partial charge in [0.05, 0.1) is 11.1 Å². The molecule has 0 atom stereocenters. The average Bonchev–Trinajstić information content (AvgIpc) is 2.85. The van der Waals surface area contributed by atoms with Gasteiger partial charge in [-0.15, -0.1) is 0 Å². The number of aryl methyl sites for hydroxylation is 1. The van der Waals surface area contributed by atoms with Crippen LogP contribution in [0.3, 0.4) is 0 Å². The zero-order valence-corrected chi connectivity index (χ0v) is 15.9. The first-order valence-electron chi connectivity index (χ1n) is 8.80. The van der Waals surface area contributed by atoms with E-state index < -0.39 is 5.54 Å². The number of carbonyl (C=O) groups is 3. The van der Waals surface area contributed by atoms with Crippen LogP contribution in [0.1, 0.15) is 52.6 Å². The van der Waals surface area contributed by atoms with E-state index in [9.17, 15) is 14.4 Å². The van der Waals surface area contributed by atoms with E-state index in [0.717, 1.165) is 11.1 Å². The molecule has 0 saturated carbocycles. The smallest absolute Gasteiger partial charge is 0.319 e. The van der Waals surface area contributed by atoms with Gasteiger partial charge >= 0.3 is 6.03 Å². The fraction of sp³-hybridized carbons (Fsp3) is 0.286. The highest BCUT2D eigenvalue weighted by Gasteiger charge is 2.41. The van der Waals surface area contributed by atoms with E-state index in [0.29, 0.717) is 23.4 Å². The second-order valence-electron chi connectivity index (χ2n) is 7.67. The van der Waals surface area contributed by atoms with Crippen molar-refractivity contribution in [2.75, 3.05) is 5.32 Å². The highest BCUT2D eigenvalue weighted by molar-refractivity contribution is 6.22. The third-order valence-electron chi connectivity index (χ3n) is 4.39. The maximum absolute atomic E-state index is 12.6. The molecule has 0 fully saturated rings. The standard InChI is InChI=1S/C21H23N3O3/c1-13-5-7-14(8-6-13)12-22-20(27)23-15-9-10-16-17(11-15)19(26)24(18(16)25)21(2,3)4/h5-11H,12H2,1-4H3,(H2,22,23,27). The van der Waals surface area contributed by atoms with Crippen LogP contribution in [0.5, 0.6) is 0 Å². The lowest BCUT2D eigenvalue weighted by atomic mass is 10.1. The summed E-state index contributed by atoms with van der Waals surface area (Å²) in [6.07, 6.45) is 0. The number of imide groups is 1. The predicted octanol–water partition coefficient (Wildman–Crippen LogP) is 3.71. The van der Waals surface area contributed by atoms with E-state index in [1.807, 2.05) is 52.0 Å². The Kier molecular flexibility index (Phi) is 4.74. The van der Waals surface area contributed by atoms with Crippen molar-refractivity contribution in [2.24, 2.45) is 0 Å². The quantitative estimate of drug-likeness (QED) is 0.814. The van der Waals surface area contributed by atoms with E-state index in [2.05, 4.69) is 10.6 Å². The second kappa shape index (κ2) is 6.87. The van der Waals surface area contributed by atoms with Gasteiger partial charge < -0.3 is 10.6 Å². The fourth-order valence-electron chi connectivity index (χ4n) is 2.99. The van der Waals surface area contributed by atoms with Gasteiger partial charge in [0.25, 0.3) is 11.8 Å². The Bertz CT molecular complexity index is 911. The van der Waals surface area contributed by atoms with Gasteiger partial charge in [-0.1, -0.05) is 29.8 Å². The Hall–Kier alpha value is -3.15. The Morgan fingerprint density at radius 1 is 0.963 bits per heavy atom. The molecule has 6 heteroatoms. The Morgan fingerprint density at radius 2 is 1.59 bits per heavy atom. The molecule has 1 heterocycles. The predicted molar refractivity (Wildman–Crippen MR) is 104 cm³/mol. The fourth-order valence-corrected chi connectivity index (χ4v) is 2.99. The van der Waals surface area contributed by atoms with E-state index in [4.69, 9.17) is 0 Å². The minimum atomic E-state index is -0.605. The normalized spacial score (nSPS) is 13.6. The minimum Gasteiger partial charge on any atom is -0.334 e. The number of nitrogens with zero attached hydrogens (tertiary/aromatic N) is 1. The number of hydrogen-bond donors (Lipinski definition) is 2. The van der Waals surface area contributed by atoms with E-state index in [-0.39, 0.29) is 17.8 Å². The molecule has 2 N–H and O–H groups in total. The van der Waals surface area contributed by atoms with Crippen molar-refractivity contribution in [3.63, 3.8) is 0 Å². The monoisotopic (exact) mass is 365 g/mol. The van der Waals surface area contributed by atoms with Gasteiger partial charge in [-0.3, -0.25) is 14.5 Å². The van der Waals surface area contributed by atoms with Crippen molar-refractivity contribution < 1.29 is 14.4 Å². The Labute approximate surface area is 158 Å². The number of hydrogen-bond acceptors (Lipinski definition) is 3. The molecule has 27 heavy (non-hydrogen) atoms. The van der Waals surface area contributed by atoms with E-state index in [1.54, 1.807) is 18.2 Å². The summed E-state index contributed by atoms with van der Waals surface area (Å²) in [5.41, 5.74) is 2.68. The third-order valence-corrected chi connectivity index (χ3v) is 4.39. The van der Waals surface area contributed by atoms with Crippen molar-refractivity contribution in [1.82, 2.24) is 10.2 Å². The van der Waals surface area contributed by atoms with Gasteiger partial charge in [0.2, 0.25) is 0 Å². The second-order valence-corrected chi connectivity index (χ2v) is 7.67. The van der Waals surface area contributed by atoms with Crippen LogP contribution in [0.25, 0.3) is 0 Å². The zero-order valence-electron chi connectivity index (χ0n) is 15.9. The number of benzene rings is 2. The van der Waals surface area contributed by atoms with Crippen LogP contribution in [-0.2, 0) is 6.54 Å². The largest absolute Gasteiger partial charge is 0.334 e. The zero-order chi connectivity index (χ0) is 19.8. The summed E-state index contributed by atoms with van der Waals surface area (Å²) in [6.45, 7) is 7.84. The summed E-state index contributed by atoms with van der Waals surface area (Å²) in [5.74, 6) is -0.649. The van der Waals surface area contributed by atoms with Gasteiger partial charge in [-0.2, -0.15) is 0 Å². The minimum absolute atomic E-state index is 0.308. The molecule has 2 aromatic carbocycles. The van der Waals surface area contributed by atoms with Crippen LogP contribution in [0.15, 0.2) is 42.5 Å². The molecule has 0 aliphatic carbocycles. The summed E-state index contributed by atoms with van der Waals surface area (Å²) < 4.78 is 0. The van der Waals surface area contributed by atoms with Crippen LogP contribution in [-0.4, -0.2) is 28.3 Å².